The molecule has 7 nitrogen and oxygen atoms in total. The molecule has 0 spiro atoms. The molecule has 0 aromatic carbocycles. The first-order valence-electron chi connectivity index (χ1n) is 7.68. The minimum absolute atomic E-state index is 0.141. The molecule has 21 heavy (non-hydrogen) atoms. The van der Waals surface area contributed by atoms with Crippen LogP contribution in [0.2, 0.25) is 0 Å². The van der Waals surface area contributed by atoms with E-state index in [4.69, 9.17) is 5.73 Å². The maximum atomic E-state index is 11.5. The minimum Gasteiger partial charge on any atom is -0.347 e. The first-order valence-corrected chi connectivity index (χ1v) is 7.68. The molecule has 1 saturated heterocycles. The molecule has 1 aromatic rings. The summed E-state index contributed by atoms with van der Waals surface area (Å²) in [7, 11) is 1.79. The second-order valence-corrected chi connectivity index (χ2v) is 5.87. The van der Waals surface area contributed by atoms with Crippen molar-refractivity contribution in [2.75, 3.05) is 18.0 Å². The van der Waals surface area contributed by atoms with Crippen molar-refractivity contribution in [1.29, 1.82) is 0 Å². The molecule has 1 fully saturated rings. The molecule has 2 N–H and O–H groups in total. The third kappa shape index (κ3) is 2.88. The van der Waals surface area contributed by atoms with E-state index in [-0.39, 0.29) is 16.7 Å². The zero-order chi connectivity index (χ0) is 15.6. The Labute approximate surface area is 125 Å². The van der Waals surface area contributed by atoms with Crippen LogP contribution in [-0.4, -0.2) is 33.8 Å². The SMILES string of the molecule is CCCc1nn(C)c(N2CCCC(C)C2CN)c1[N+](=O)[O-]. The molecule has 2 unspecified atom stereocenters. The number of aromatic nitrogens is 2. The van der Waals surface area contributed by atoms with Crippen LogP contribution in [0, 0.1) is 16.0 Å². The molecule has 0 saturated carbocycles. The second kappa shape index (κ2) is 6.43. The van der Waals surface area contributed by atoms with Gasteiger partial charge in [-0.2, -0.15) is 5.10 Å². The van der Waals surface area contributed by atoms with Crippen LogP contribution in [0.15, 0.2) is 0 Å². The zero-order valence-electron chi connectivity index (χ0n) is 13.1. The van der Waals surface area contributed by atoms with Gasteiger partial charge in [-0.3, -0.25) is 10.1 Å². The number of nitrogens with zero attached hydrogens (tertiary/aromatic N) is 4. The van der Waals surface area contributed by atoms with E-state index in [0.29, 0.717) is 30.4 Å². The zero-order valence-corrected chi connectivity index (χ0v) is 13.1. The highest BCUT2D eigenvalue weighted by molar-refractivity contribution is 5.62. The van der Waals surface area contributed by atoms with Crippen molar-refractivity contribution in [3.63, 3.8) is 0 Å². The van der Waals surface area contributed by atoms with Gasteiger partial charge in [0.25, 0.3) is 0 Å². The van der Waals surface area contributed by atoms with Crippen LogP contribution in [0.3, 0.4) is 0 Å². The van der Waals surface area contributed by atoms with Crippen LogP contribution in [-0.2, 0) is 13.5 Å². The van der Waals surface area contributed by atoms with Crippen molar-refractivity contribution >= 4 is 11.5 Å². The Morgan fingerprint density at radius 3 is 2.81 bits per heavy atom. The number of rotatable bonds is 5. The number of piperidine rings is 1. The highest BCUT2D eigenvalue weighted by Crippen LogP contribution is 2.36. The van der Waals surface area contributed by atoms with Gasteiger partial charge in [0, 0.05) is 26.2 Å². The lowest BCUT2D eigenvalue weighted by molar-refractivity contribution is -0.384. The van der Waals surface area contributed by atoms with Crippen molar-refractivity contribution in [2.24, 2.45) is 18.7 Å². The van der Waals surface area contributed by atoms with Gasteiger partial charge in [-0.05, 0) is 25.2 Å². The molecule has 1 aliphatic rings. The Hall–Kier alpha value is -1.63. The fourth-order valence-electron chi connectivity index (χ4n) is 3.34. The number of anilines is 1. The van der Waals surface area contributed by atoms with Crippen LogP contribution < -0.4 is 10.6 Å². The van der Waals surface area contributed by atoms with Crippen molar-refractivity contribution in [2.45, 2.75) is 45.6 Å². The molecule has 0 amide bonds. The summed E-state index contributed by atoms with van der Waals surface area (Å²) < 4.78 is 1.66. The largest absolute Gasteiger partial charge is 0.347 e. The first-order chi connectivity index (χ1) is 10.0. The van der Waals surface area contributed by atoms with Crippen LogP contribution >= 0.6 is 0 Å². The number of nitrogens with two attached hydrogens (primary N) is 1. The average Bonchev–Trinajstić information content (AvgIpc) is 2.75. The summed E-state index contributed by atoms with van der Waals surface area (Å²) in [5.74, 6) is 1.05. The van der Waals surface area contributed by atoms with Gasteiger partial charge in [-0.15, -0.1) is 0 Å². The maximum absolute atomic E-state index is 11.5. The fourth-order valence-corrected chi connectivity index (χ4v) is 3.34. The van der Waals surface area contributed by atoms with Crippen molar-refractivity contribution in [1.82, 2.24) is 9.78 Å². The summed E-state index contributed by atoms with van der Waals surface area (Å²) in [6.45, 7) is 5.48. The molecule has 118 valence electrons. The van der Waals surface area contributed by atoms with E-state index < -0.39 is 0 Å². The summed E-state index contributed by atoms with van der Waals surface area (Å²) in [5.41, 5.74) is 6.66. The third-order valence-electron chi connectivity index (χ3n) is 4.36. The van der Waals surface area contributed by atoms with Crippen molar-refractivity contribution < 1.29 is 4.92 Å². The summed E-state index contributed by atoms with van der Waals surface area (Å²) >= 11 is 0. The van der Waals surface area contributed by atoms with Gasteiger partial charge < -0.3 is 10.6 Å². The summed E-state index contributed by atoms with van der Waals surface area (Å²) in [4.78, 5) is 13.3. The Kier molecular flexibility index (Phi) is 4.82. The molecule has 7 heteroatoms. The predicted molar refractivity (Wildman–Crippen MR) is 82.4 cm³/mol. The Morgan fingerprint density at radius 1 is 1.52 bits per heavy atom. The van der Waals surface area contributed by atoms with Gasteiger partial charge in [-0.1, -0.05) is 20.3 Å². The molecule has 0 bridgehead atoms. The van der Waals surface area contributed by atoms with Gasteiger partial charge >= 0.3 is 5.69 Å². The summed E-state index contributed by atoms with van der Waals surface area (Å²) in [6, 6.07) is 0.141. The average molecular weight is 295 g/mol. The van der Waals surface area contributed by atoms with E-state index >= 15 is 0 Å². The molecule has 2 atom stereocenters. The molecule has 0 aliphatic carbocycles. The Morgan fingerprint density at radius 2 is 2.24 bits per heavy atom. The molecule has 1 aliphatic heterocycles. The van der Waals surface area contributed by atoms with Crippen LogP contribution in [0.5, 0.6) is 0 Å². The molecular formula is C14H25N5O2. The predicted octanol–water partition coefficient (Wildman–Crippen LogP) is 1.84. The molecular weight excluding hydrogens is 270 g/mol. The molecule has 2 heterocycles. The van der Waals surface area contributed by atoms with Crippen LogP contribution in [0.1, 0.15) is 38.8 Å². The topological polar surface area (TPSA) is 90.2 Å². The normalized spacial score (nSPS) is 22.6. The Bertz CT molecular complexity index is 514. The summed E-state index contributed by atoms with van der Waals surface area (Å²) in [5, 5.41) is 15.9. The lowest BCUT2D eigenvalue weighted by Crippen LogP contribution is -2.49. The monoisotopic (exact) mass is 295 g/mol. The van der Waals surface area contributed by atoms with E-state index in [1.54, 1.807) is 11.7 Å². The van der Waals surface area contributed by atoms with E-state index in [9.17, 15) is 10.1 Å². The number of hydrogen-bond donors (Lipinski definition) is 1. The van der Waals surface area contributed by atoms with Gasteiger partial charge in [0.05, 0.1) is 4.92 Å². The van der Waals surface area contributed by atoms with Gasteiger partial charge in [0.15, 0.2) is 0 Å². The van der Waals surface area contributed by atoms with E-state index in [2.05, 4.69) is 16.9 Å². The maximum Gasteiger partial charge on any atom is 0.334 e. The minimum atomic E-state index is -0.291. The number of aryl methyl sites for hydroxylation is 2. The highest BCUT2D eigenvalue weighted by Gasteiger charge is 2.36. The van der Waals surface area contributed by atoms with Crippen molar-refractivity contribution in [3.05, 3.63) is 15.8 Å². The van der Waals surface area contributed by atoms with E-state index in [1.807, 2.05) is 6.92 Å². The number of hydrogen-bond acceptors (Lipinski definition) is 5. The third-order valence-corrected chi connectivity index (χ3v) is 4.36. The standard InChI is InChI=1S/C14H25N5O2/c1-4-6-11-13(19(20)21)14(17(3)16-11)18-8-5-7-10(2)12(18)9-15/h10,12H,4-9,15H2,1-3H3. The lowest BCUT2D eigenvalue weighted by atomic mass is 9.90. The van der Waals surface area contributed by atoms with Crippen molar-refractivity contribution in [3.8, 4) is 0 Å². The first kappa shape index (κ1) is 15.8. The highest BCUT2D eigenvalue weighted by atomic mass is 16.6. The molecule has 2 rings (SSSR count). The molecule has 0 radical (unpaired) electrons. The smallest absolute Gasteiger partial charge is 0.334 e. The van der Waals surface area contributed by atoms with Crippen LogP contribution in [0.25, 0.3) is 0 Å². The number of nitro groups is 1. The van der Waals surface area contributed by atoms with Gasteiger partial charge in [0.1, 0.15) is 5.69 Å². The van der Waals surface area contributed by atoms with Gasteiger partial charge in [0.2, 0.25) is 5.82 Å². The second-order valence-electron chi connectivity index (χ2n) is 5.87. The quantitative estimate of drug-likeness (QED) is 0.661. The summed E-state index contributed by atoms with van der Waals surface area (Å²) in [6.07, 6.45) is 3.61. The van der Waals surface area contributed by atoms with E-state index in [1.165, 1.54) is 0 Å². The Balaban J connectivity index is 2.48. The van der Waals surface area contributed by atoms with Crippen LogP contribution in [0.4, 0.5) is 11.5 Å². The molecule has 1 aromatic heterocycles. The van der Waals surface area contributed by atoms with E-state index in [0.717, 1.165) is 25.8 Å². The fraction of sp³-hybridized carbons (Fsp3) is 0.786. The van der Waals surface area contributed by atoms with Gasteiger partial charge in [-0.25, -0.2) is 4.68 Å². The lowest BCUT2D eigenvalue weighted by Gasteiger charge is -2.40.